The van der Waals surface area contributed by atoms with Gasteiger partial charge in [-0.1, -0.05) is 24.0 Å². The summed E-state index contributed by atoms with van der Waals surface area (Å²) in [5, 5.41) is 2.91. The van der Waals surface area contributed by atoms with Crippen LogP contribution >= 0.6 is 0 Å². The minimum atomic E-state index is -0.301. The van der Waals surface area contributed by atoms with E-state index in [1.165, 1.54) is 0 Å². The first kappa shape index (κ1) is 14.6. The number of nitrogens with one attached hydrogen (secondary N) is 1. The lowest BCUT2D eigenvalue weighted by Crippen LogP contribution is -2.34. The average molecular weight is 272 g/mol. The van der Waals surface area contributed by atoms with Gasteiger partial charge in [-0.25, -0.2) is 0 Å². The Kier molecular flexibility index (Phi) is 5.16. The second-order valence-electron chi connectivity index (χ2n) is 4.94. The van der Waals surface area contributed by atoms with E-state index in [0.717, 1.165) is 24.0 Å². The molecule has 2 atom stereocenters. The minimum Gasteiger partial charge on any atom is -0.365 e. The zero-order valence-electron chi connectivity index (χ0n) is 11.7. The number of hydrogen-bond donors (Lipinski definition) is 2. The first-order valence-corrected chi connectivity index (χ1v) is 6.90. The van der Waals surface area contributed by atoms with Gasteiger partial charge < -0.3 is 15.8 Å². The Balaban J connectivity index is 1.89. The summed E-state index contributed by atoms with van der Waals surface area (Å²) in [6, 6.07) is 7.78. The van der Waals surface area contributed by atoms with Crippen molar-refractivity contribution < 1.29 is 9.53 Å². The number of benzene rings is 1. The van der Waals surface area contributed by atoms with Crippen LogP contribution in [0.25, 0.3) is 0 Å². The lowest BCUT2D eigenvalue weighted by Gasteiger charge is -2.11. The highest BCUT2D eigenvalue weighted by Gasteiger charge is 2.27. The molecule has 0 aromatic heterocycles. The van der Waals surface area contributed by atoms with Crippen molar-refractivity contribution in [3.63, 3.8) is 0 Å². The van der Waals surface area contributed by atoms with Gasteiger partial charge in [-0.15, -0.1) is 0 Å². The Morgan fingerprint density at radius 2 is 2.35 bits per heavy atom. The van der Waals surface area contributed by atoms with Gasteiger partial charge in [0.1, 0.15) is 6.10 Å². The van der Waals surface area contributed by atoms with Crippen LogP contribution in [0.5, 0.6) is 0 Å². The molecule has 0 saturated carbocycles. The molecule has 1 saturated heterocycles. The predicted octanol–water partition coefficient (Wildman–Crippen LogP) is 1.18. The number of carbonyl (C=O) groups excluding carboxylic acids is 1. The van der Waals surface area contributed by atoms with Crippen LogP contribution in [0.15, 0.2) is 24.3 Å². The molecule has 3 N–H and O–H groups in total. The monoisotopic (exact) mass is 272 g/mol. The van der Waals surface area contributed by atoms with Gasteiger partial charge in [-0.05, 0) is 37.5 Å². The summed E-state index contributed by atoms with van der Waals surface area (Å²) in [6.45, 7) is 2.83. The molecule has 1 fully saturated rings. The number of ether oxygens (including phenoxy) is 1. The third kappa shape index (κ3) is 4.09. The van der Waals surface area contributed by atoms with Crippen molar-refractivity contribution in [1.29, 1.82) is 0 Å². The maximum atomic E-state index is 11.9. The van der Waals surface area contributed by atoms with Crippen molar-refractivity contribution >= 4 is 5.91 Å². The number of carbonyl (C=O) groups is 1. The molecule has 20 heavy (non-hydrogen) atoms. The normalized spacial score (nSPS) is 21.1. The van der Waals surface area contributed by atoms with E-state index < -0.39 is 0 Å². The van der Waals surface area contributed by atoms with E-state index in [-0.39, 0.29) is 18.1 Å². The van der Waals surface area contributed by atoms with Gasteiger partial charge in [0.05, 0.1) is 12.6 Å². The van der Waals surface area contributed by atoms with Crippen molar-refractivity contribution in [2.75, 3.05) is 6.54 Å². The number of rotatable bonds is 3. The van der Waals surface area contributed by atoms with Gasteiger partial charge in [0.2, 0.25) is 5.91 Å². The van der Waals surface area contributed by atoms with Crippen LogP contribution in [0.4, 0.5) is 0 Å². The summed E-state index contributed by atoms with van der Waals surface area (Å²) in [4.78, 5) is 11.9. The van der Waals surface area contributed by atoms with E-state index in [4.69, 9.17) is 10.5 Å². The first-order valence-electron chi connectivity index (χ1n) is 6.90. The van der Waals surface area contributed by atoms with Gasteiger partial charge in [0.15, 0.2) is 0 Å². The Morgan fingerprint density at radius 1 is 1.50 bits per heavy atom. The quantitative estimate of drug-likeness (QED) is 0.812. The van der Waals surface area contributed by atoms with Crippen LogP contribution in [0, 0.1) is 11.8 Å². The van der Waals surface area contributed by atoms with Crippen LogP contribution in [0.3, 0.4) is 0 Å². The zero-order chi connectivity index (χ0) is 14.4. The van der Waals surface area contributed by atoms with Crippen molar-refractivity contribution in [2.24, 2.45) is 5.73 Å². The molecule has 1 aliphatic heterocycles. The number of amides is 1. The fraction of sp³-hybridized carbons (Fsp3) is 0.438. The van der Waals surface area contributed by atoms with E-state index in [9.17, 15) is 4.79 Å². The molecular weight excluding hydrogens is 252 g/mol. The van der Waals surface area contributed by atoms with Crippen LogP contribution in [-0.2, 0) is 16.1 Å². The second-order valence-corrected chi connectivity index (χ2v) is 4.94. The molecule has 1 heterocycles. The Bertz CT molecular complexity index is 531. The number of hydrogen-bond acceptors (Lipinski definition) is 3. The van der Waals surface area contributed by atoms with Crippen LogP contribution in [-0.4, -0.2) is 24.7 Å². The maximum Gasteiger partial charge on any atom is 0.249 e. The second kappa shape index (κ2) is 7.09. The Morgan fingerprint density at radius 3 is 3.05 bits per heavy atom. The molecule has 1 amide bonds. The molecule has 2 rings (SSSR count). The van der Waals surface area contributed by atoms with E-state index in [2.05, 4.69) is 17.2 Å². The summed E-state index contributed by atoms with van der Waals surface area (Å²) >= 11 is 0. The highest BCUT2D eigenvalue weighted by molar-refractivity contribution is 5.81. The summed E-state index contributed by atoms with van der Waals surface area (Å²) in [5.74, 6) is 5.76. The van der Waals surface area contributed by atoms with Crippen LogP contribution in [0.2, 0.25) is 0 Å². The molecule has 0 radical (unpaired) electrons. The van der Waals surface area contributed by atoms with Crippen molar-refractivity contribution in [2.45, 2.75) is 38.5 Å². The van der Waals surface area contributed by atoms with E-state index in [1.807, 2.05) is 31.2 Å². The molecule has 2 unspecified atom stereocenters. The van der Waals surface area contributed by atoms with Crippen molar-refractivity contribution in [3.8, 4) is 11.8 Å². The van der Waals surface area contributed by atoms with Crippen molar-refractivity contribution in [3.05, 3.63) is 35.4 Å². The van der Waals surface area contributed by atoms with E-state index in [0.29, 0.717) is 13.1 Å². The van der Waals surface area contributed by atoms with Gasteiger partial charge in [0.25, 0.3) is 0 Å². The van der Waals surface area contributed by atoms with Gasteiger partial charge in [-0.3, -0.25) is 4.79 Å². The summed E-state index contributed by atoms with van der Waals surface area (Å²) < 4.78 is 5.54. The van der Waals surface area contributed by atoms with Gasteiger partial charge >= 0.3 is 0 Å². The largest absolute Gasteiger partial charge is 0.365 e. The highest BCUT2D eigenvalue weighted by Crippen LogP contribution is 2.19. The molecule has 0 aliphatic carbocycles. The molecular formula is C16H20N2O2. The fourth-order valence-corrected chi connectivity index (χ4v) is 2.21. The predicted molar refractivity (Wildman–Crippen MR) is 77.8 cm³/mol. The molecule has 106 valence electrons. The maximum absolute atomic E-state index is 11.9. The van der Waals surface area contributed by atoms with E-state index >= 15 is 0 Å². The van der Waals surface area contributed by atoms with Gasteiger partial charge in [-0.2, -0.15) is 0 Å². The standard InChI is InChI=1S/C16H20N2O2/c1-12-7-8-15(20-12)16(19)18-11-14-5-2-4-13(10-14)6-3-9-17/h2,4-5,10,12,15H,7-9,11,17H2,1H3,(H,18,19). The topological polar surface area (TPSA) is 64.4 Å². The minimum absolute atomic E-state index is 0.0344. The molecule has 1 aliphatic rings. The molecule has 1 aromatic rings. The van der Waals surface area contributed by atoms with Crippen LogP contribution in [0.1, 0.15) is 30.9 Å². The number of nitrogens with two attached hydrogens (primary N) is 1. The Hall–Kier alpha value is -1.83. The molecule has 0 spiro atoms. The zero-order valence-corrected chi connectivity index (χ0v) is 11.7. The smallest absolute Gasteiger partial charge is 0.249 e. The molecule has 4 heteroatoms. The van der Waals surface area contributed by atoms with Crippen LogP contribution < -0.4 is 11.1 Å². The lowest BCUT2D eigenvalue weighted by atomic mass is 10.1. The first-order chi connectivity index (χ1) is 9.69. The molecule has 4 nitrogen and oxygen atoms in total. The highest BCUT2D eigenvalue weighted by atomic mass is 16.5. The summed E-state index contributed by atoms with van der Waals surface area (Å²) in [5.41, 5.74) is 7.28. The lowest BCUT2D eigenvalue weighted by molar-refractivity contribution is -0.131. The SMILES string of the molecule is CC1CCC(C(=O)NCc2cccc(C#CCN)c2)O1. The average Bonchev–Trinajstić information content (AvgIpc) is 2.90. The van der Waals surface area contributed by atoms with Gasteiger partial charge in [0, 0.05) is 12.1 Å². The Labute approximate surface area is 119 Å². The third-order valence-electron chi connectivity index (χ3n) is 3.25. The molecule has 1 aromatic carbocycles. The van der Waals surface area contributed by atoms with Crippen molar-refractivity contribution in [1.82, 2.24) is 5.32 Å². The van der Waals surface area contributed by atoms with E-state index in [1.54, 1.807) is 0 Å². The summed E-state index contributed by atoms with van der Waals surface area (Å²) in [6.07, 6.45) is 1.63. The fourth-order valence-electron chi connectivity index (χ4n) is 2.21. The molecule has 0 bridgehead atoms. The third-order valence-corrected chi connectivity index (χ3v) is 3.25. The summed E-state index contributed by atoms with van der Waals surface area (Å²) in [7, 11) is 0.